The van der Waals surface area contributed by atoms with Gasteiger partial charge in [-0.3, -0.25) is 0 Å². The Kier molecular flexibility index (Phi) is 3.48. The lowest BCUT2D eigenvalue weighted by Gasteiger charge is -2.24. The van der Waals surface area contributed by atoms with E-state index in [2.05, 4.69) is 73.6 Å². The minimum Gasteiger partial charge on any atom is -0.449 e. The molecule has 0 bridgehead atoms. The minimum atomic E-state index is 0.304. The van der Waals surface area contributed by atoms with Crippen molar-refractivity contribution in [1.82, 2.24) is 0 Å². The van der Waals surface area contributed by atoms with Crippen LogP contribution in [0.1, 0.15) is 22.3 Å². The largest absolute Gasteiger partial charge is 0.449 e. The van der Waals surface area contributed by atoms with Crippen LogP contribution < -0.4 is 9.30 Å². The Morgan fingerprint density at radius 2 is 1.86 bits per heavy atom. The number of pyridine rings is 1. The van der Waals surface area contributed by atoms with Gasteiger partial charge < -0.3 is 9.58 Å². The fraction of sp³-hybridized carbons (Fsp3) is 0.200. The SMILES string of the molecule is [C-]#[N+]Cc1c2c([n+](C)c3ccccc13)-c1c(C)c(C)cc3cc(C)cc(c13)O2. The molecule has 1 aliphatic rings. The molecule has 0 radical (unpaired) electrons. The van der Waals surface area contributed by atoms with Crippen molar-refractivity contribution < 1.29 is 9.30 Å². The summed E-state index contributed by atoms with van der Waals surface area (Å²) in [4.78, 5) is 3.72. The van der Waals surface area contributed by atoms with Crippen molar-refractivity contribution in [3.63, 3.8) is 0 Å². The fourth-order valence-electron chi connectivity index (χ4n) is 4.56. The number of nitrogens with zero attached hydrogens (tertiary/aromatic N) is 2. The van der Waals surface area contributed by atoms with Crippen molar-refractivity contribution in [2.45, 2.75) is 27.3 Å². The number of rotatable bonds is 1. The first kappa shape index (κ1) is 16.8. The molecule has 3 heteroatoms. The Morgan fingerprint density at radius 3 is 2.64 bits per heavy atom. The molecule has 2 heterocycles. The summed E-state index contributed by atoms with van der Waals surface area (Å²) in [5.41, 5.74) is 8.10. The summed E-state index contributed by atoms with van der Waals surface area (Å²) in [6, 6.07) is 14.9. The van der Waals surface area contributed by atoms with Crippen LogP contribution in [0.15, 0.2) is 42.5 Å². The highest BCUT2D eigenvalue weighted by Crippen LogP contribution is 2.50. The van der Waals surface area contributed by atoms with Crippen LogP contribution >= 0.6 is 0 Å². The number of ether oxygens (including phenoxy) is 1. The summed E-state index contributed by atoms with van der Waals surface area (Å²) in [6.07, 6.45) is 0. The Balaban J connectivity index is 2.05. The lowest BCUT2D eigenvalue weighted by molar-refractivity contribution is -0.633. The molecule has 0 saturated heterocycles. The van der Waals surface area contributed by atoms with Gasteiger partial charge in [0.2, 0.25) is 17.8 Å². The van der Waals surface area contributed by atoms with E-state index in [1.165, 1.54) is 33.0 Å². The van der Waals surface area contributed by atoms with Crippen LogP contribution in [-0.4, -0.2) is 0 Å². The molecule has 0 aliphatic carbocycles. The smallest absolute Gasteiger partial charge is 0.257 e. The Labute approximate surface area is 164 Å². The first-order chi connectivity index (χ1) is 13.5. The van der Waals surface area contributed by atoms with Crippen LogP contribution in [0.2, 0.25) is 0 Å². The number of hydrogen-bond acceptors (Lipinski definition) is 1. The molecule has 4 aromatic rings. The third-order valence-electron chi connectivity index (χ3n) is 5.97. The number of fused-ring (bicyclic) bond motifs is 3. The van der Waals surface area contributed by atoms with Gasteiger partial charge in [0.15, 0.2) is 0 Å². The summed E-state index contributed by atoms with van der Waals surface area (Å²) < 4.78 is 8.76. The quantitative estimate of drug-likeness (QED) is 0.266. The van der Waals surface area contributed by atoms with Crippen molar-refractivity contribution >= 4 is 21.7 Å². The highest BCUT2D eigenvalue weighted by molar-refractivity contribution is 6.06. The first-order valence-electron chi connectivity index (χ1n) is 9.51. The molecular formula is C25H21N2O+. The molecular weight excluding hydrogens is 344 g/mol. The van der Waals surface area contributed by atoms with Crippen LogP contribution in [0.25, 0.3) is 37.8 Å². The number of benzene rings is 3. The summed E-state index contributed by atoms with van der Waals surface area (Å²) in [6.45, 7) is 14.3. The number of hydrogen-bond donors (Lipinski definition) is 0. The third-order valence-corrected chi connectivity index (χ3v) is 5.97. The molecule has 0 unspecified atom stereocenters. The van der Waals surface area contributed by atoms with Crippen molar-refractivity contribution in [3.05, 3.63) is 76.1 Å². The van der Waals surface area contributed by atoms with E-state index >= 15 is 0 Å². The summed E-state index contributed by atoms with van der Waals surface area (Å²) in [5.74, 6) is 1.72. The molecule has 0 saturated carbocycles. The molecule has 0 amide bonds. The molecule has 3 nitrogen and oxygen atoms in total. The van der Waals surface area contributed by atoms with E-state index in [1.54, 1.807) is 0 Å². The standard InChI is InChI=1S/C25H21N2O/c1-14-10-17-12-15(2)16(3)22-23(17)21(11-14)28-25-19(13-26-4)18-8-6-7-9-20(18)27(5)24(22)25/h6-12H,13H2,1-3,5H3/q+1. The van der Waals surface area contributed by atoms with Crippen molar-refractivity contribution in [2.75, 3.05) is 0 Å². The van der Waals surface area contributed by atoms with E-state index in [0.29, 0.717) is 6.54 Å². The Bertz CT molecular complexity index is 1360. The number of aryl methyl sites for hydroxylation is 3. The maximum atomic E-state index is 7.52. The van der Waals surface area contributed by atoms with E-state index in [0.717, 1.165) is 33.7 Å². The van der Waals surface area contributed by atoms with Gasteiger partial charge in [-0.1, -0.05) is 24.3 Å². The predicted molar refractivity (Wildman–Crippen MR) is 113 cm³/mol. The second-order valence-corrected chi connectivity index (χ2v) is 7.71. The average molecular weight is 365 g/mol. The van der Waals surface area contributed by atoms with Crippen LogP contribution in [0.3, 0.4) is 0 Å². The molecule has 28 heavy (non-hydrogen) atoms. The monoisotopic (exact) mass is 365 g/mol. The van der Waals surface area contributed by atoms with E-state index in [4.69, 9.17) is 11.3 Å². The van der Waals surface area contributed by atoms with E-state index in [9.17, 15) is 0 Å². The number of para-hydroxylation sites is 1. The van der Waals surface area contributed by atoms with E-state index in [1.807, 2.05) is 6.07 Å². The zero-order valence-electron chi connectivity index (χ0n) is 16.6. The zero-order valence-corrected chi connectivity index (χ0v) is 16.6. The first-order valence-corrected chi connectivity index (χ1v) is 9.51. The molecule has 1 aromatic heterocycles. The van der Waals surface area contributed by atoms with Crippen LogP contribution in [0.5, 0.6) is 11.5 Å². The third kappa shape index (κ3) is 2.12. The van der Waals surface area contributed by atoms with Crippen LogP contribution in [0.4, 0.5) is 0 Å². The summed E-state index contributed by atoms with van der Waals surface area (Å²) in [5, 5.41) is 3.46. The van der Waals surface area contributed by atoms with Crippen molar-refractivity contribution in [3.8, 4) is 22.8 Å². The molecule has 136 valence electrons. The highest BCUT2D eigenvalue weighted by Gasteiger charge is 2.35. The molecule has 5 rings (SSSR count). The van der Waals surface area contributed by atoms with Crippen LogP contribution in [0, 0.1) is 27.3 Å². The van der Waals surface area contributed by atoms with Crippen molar-refractivity contribution in [1.29, 1.82) is 0 Å². The second-order valence-electron chi connectivity index (χ2n) is 7.71. The Hall–Kier alpha value is -3.38. The van der Waals surface area contributed by atoms with E-state index < -0.39 is 0 Å². The van der Waals surface area contributed by atoms with Crippen LogP contribution in [-0.2, 0) is 13.6 Å². The molecule has 0 N–H and O–H groups in total. The van der Waals surface area contributed by atoms with Crippen molar-refractivity contribution in [2.24, 2.45) is 7.05 Å². The summed E-state index contributed by atoms with van der Waals surface area (Å²) in [7, 11) is 2.10. The van der Waals surface area contributed by atoms with Gasteiger partial charge in [-0.25, -0.2) is 6.57 Å². The number of aromatic nitrogens is 1. The lowest BCUT2D eigenvalue weighted by Crippen LogP contribution is -2.34. The molecule has 0 atom stereocenters. The highest BCUT2D eigenvalue weighted by atomic mass is 16.5. The topological polar surface area (TPSA) is 17.5 Å². The molecule has 3 aromatic carbocycles. The van der Waals surface area contributed by atoms with Gasteiger partial charge in [0.25, 0.3) is 5.69 Å². The maximum absolute atomic E-state index is 7.52. The molecule has 0 spiro atoms. The second kappa shape index (κ2) is 5.81. The molecule has 1 aliphatic heterocycles. The summed E-state index contributed by atoms with van der Waals surface area (Å²) >= 11 is 0. The lowest BCUT2D eigenvalue weighted by atomic mass is 9.88. The van der Waals surface area contributed by atoms with E-state index in [-0.39, 0.29) is 0 Å². The van der Waals surface area contributed by atoms with Gasteiger partial charge in [0.05, 0.1) is 16.5 Å². The zero-order chi connectivity index (χ0) is 19.6. The fourth-order valence-corrected chi connectivity index (χ4v) is 4.56. The minimum absolute atomic E-state index is 0.304. The normalized spacial score (nSPS) is 12.0. The predicted octanol–water partition coefficient (Wildman–Crippen LogP) is 5.93. The van der Waals surface area contributed by atoms with Gasteiger partial charge in [0.1, 0.15) is 12.8 Å². The average Bonchev–Trinajstić information content (AvgIpc) is 2.68. The van der Waals surface area contributed by atoms with Gasteiger partial charge in [0, 0.05) is 11.5 Å². The van der Waals surface area contributed by atoms with Gasteiger partial charge >= 0.3 is 0 Å². The van der Waals surface area contributed by atoms with Gasteiger partial charge in [-0.2, -0.15) is 4.57 Å². The molecule has 0 fully saturated rings. The Morgan fingerprint density at radius 1 is 1.07 bits per heavy atom. The van der Waals surface area contributed by atoms with Gasteiger partial charge in [-0.05, 0) is 55.0 Å². The maximum Gasteiger partial charge on any atom is 0.257 e. The van der Waals surface area contributed by atoms with Gasteiger partial charge in [-0.15, -0.1) is 0 Å².